The van der Waals surface area contributed by atoms with Gasteiger partial charge in [-0.3, -0.25) is 14.2 Å². The van der Waals surface area contributed by atoms with Gasteiger partial charge in [-0.25, -0.2) is 4.98 Å². The van der Waals surface area contributed by atoms with Crippen LogP contribution in [0.15, 0.2) is 57.8 Å². The zero-order chi connectivity index (χ0) is 22.8. The maximum atomic E-state index is 13.3. The standard InChI is InChI=1S/C23H20ClN3O3S2/c1-13-5-4-6-18(14(13)2)27-22(29)21-16(9-10-31-21)26-23(27)32-12-20(28)25-17-11-15(24)7-8-19(17)30-3/h4-11H,12H2,1-3H3,(H,25,28). The van der Waals surface area contributed by atoms with Crippen molar-refractivity contribution in [1.82, 2.24) is 9.55 Å². The lowest BCUT2D eigenvalue weighted by molar-refractivity contribution is -0.113. The molecule has 1 amide bonds. The van der Waals surface area contributed by atoms with Crippen LogP contribution in [0.2, 0.25) is 5.02 Å². The summed E-state index contributed by atoms with van der Waals surface area (Å²) >= 11 is 8.62. The van der Waals surface area contributed by atoms with Gasteiger partial charge in [0.1, 0.15) is 10.4 Å². The Kier molecular flexibility index (Phi) is 6.55. The number of aromatic nitrogens is 2. The number of carbonyl (C=O) groups excluding carboxylic acids is 1. The van der Waals surface area contributed by atoms with Crippen molar-refractivity contribution in [1.29, 1.82) is 0 Å². The topological polar surface area (TPSA) is 73.2 Å². The van der Waals surface area contributed by atoms with Gasteiger partial charge in [0.25, 0.3) is 5.56 Å². The van der Waals surface area contributed by atoms with Crippen LogP contribution in [0, 0.1) is 13.8 Å². The highest BCUT2D eigenvalue weighted by Gasteiger charge is 2.18. The molecule has 164 valence electrons. The number of hydrogen-bond donors (Lipinski definition) is 1. The molecular formula is C23H20ClN3O3S2. The summed E-state index contributed by atoms with van der Waals surface area (Å²) in [6.07, 6.45) is 0. The zero-order valence-electron chi connectivity index (χ0n) is 17.6. The van der Waals surface area contributed by atoms with E-state index in [0.717, 1.165) is 16.8 Å². The number of rotatable bonds is 6. The normalized spacial score (nSPS) is 11.0. The molecule has 9 heteroatoms. The average molecular weight is 486 g/mol. The minimum Gasteiger partial charge on any atom is -0.495 e. The smallest absolute Gasteiger partial charge is 0.276 e. The summed E-state index contributed by atoms with van der Waals surface area (Å²) in [6.45, 7) is 3.97. The molecule has 0 radical (unpaired) electrons. The summed E-state index contributed by atoms with van der Waals surface area (Å²) < 4.78 is 7.47. The Hall–Kier alpha value is -2.81. The molecule has 2 aromatic heterocycles. The molecule has 0 saturated carbocycles. The number of amides is 1. The van der Waals surface area contributed by atoms with Gasteiger partial charge in [0.15, 0.2) is 5.16 Å². The Morgan fingerprint density at radius 2 is 2.06 bits per heavy atom. The number of fused-ring (bicyclic) bond motifs is 1. The van der Waals surface area contributed by atoms with Crippen LogP contribution >= 0.6 is 34.7 Å². The van der Waals surface area contributed by atoms with Gasteiger partial charge in [-0.2, -0.15) is 0 Å². The van der Waals surface area contributed by atoms with E-state index in [1.165, 1.54) is 30.2 Å². The predicted octanol–water partition coefficient (Wildman–Crippen LogP) is 5.46. The largest absolute Gasteiger partial charge is 0.495 e. The number of hydrogen-bond acceptors (Lipinski definition) is 6. The SMILES string of the molecule is COc1ccc(Cl)cc1NC(=O)CSc1nc2ccsc2c(=O)n1-c1cccc(C)c1C. The first kappa shape index (κ1) is 22.4. The number of halogens is 1. The van der Waals surface area contributed by atoms with Crippen LogP contribution in [0.4, 0.5) is 5.69 Å². The zero-order valence-corrected chi connectivity index (χ0v) is 20.0. The summed E-state index contributed by atoms with van der Waals surface area (Å²) in [5.74, 6) is 0.309. The lowest BCUT2D eigenvalue weighted by Crippen LogP contribution is -2.23. The van der Waals surface area contributed by atoms with Gasteiger partial charge in [0.05, 0.1) is 29.8 Å². The number of methoxy groups -OCH3 is 1. The average Bonchev–Trinajstić information content (AvgIpc) is 3.24. The molecule has 32 heavy (non-hydrogen) atoms. The van der Waals surface area contributed by atoms with Crippen molar-refractivity contribution in [3.05, 3.63) is 74.3 Å². The molecule has 0 spiro atoms. The van der Waals surface area contributed by atoms with Crippen molar-refractivity contribution in [2.24, 2.45) is 0 Å². The first-order chi connectivity index (χ1) is 15.4. The lowest BCUT2D eigenvalue weighted by Gasteiger charge is -2.15. The van der Waals surface area contributed by atoms with Crippen molar-refractivity contribution < 1.29 is 9.53 Å². The lowest BCUT2D eigenvalue weighted by atomic mass is 10.1. The van der Waals surface area contributed by atoms with Crippen molar-refractivity contribution in [2.75, 3.05) is 18.2 Å². The number of carbonyl (C=O) groups is 1. The fourth-order valence-electron chi connectivity index (χ4n) is 3.27. The van der Waals surface area contributed by atoms with Gasteiger partial charge >= 0.3 is 0 Å². The molecule has 4 aromatic rings. The fourth-order valence-corrected chi connectivity index (χ4v) is 5.01. The van der Waals surface area contributed by atoms with Gasteiger partial charge in [0, 0.05) is 5.02 Å². The number of thiophene rings is 1. The Morgan fingerprint density at radius 1 is 1.25 bits per heavy atom. The molecule has 2 aromatic carbocycles. The molecule has 1 N–H and O–H groups in total. The van der Waals surface area contributed by atoms with E-state index in [4.69, 9.17) is 16.3 Å². The summed E-state index contributed by atoms with van der Waals surface area (Å²) in [5, 5.41) is 5.61. The second-order valence-corrected chi connectivity index (χ2v) is 9.37. The van der Waals surface area contributed by atoms with Crippen LogP contribution in [0.25, 0.3) is 15.9 Å². The minimum atomic E-state index is -0.261. The summed E-state index contributed by atoms with van der Waals surface area (Å²) in [6, 6.07) is 12.6. The van der Waals surface area contributed by atoms with Crippen LogP contribution in [0.3, 0.4) is 0 Å². The second kappa shape index (κ2) is 9.36. The van der Waals surface area contributed by atoms with E-state index in [1.54, 1.807) is 22.8 Å². The maximum absolute atomic E-state index is 13.3. The molecule has 0 aliphatic rings. The highest BCUT2D eigenvalue weighted by Crippen LogP contribution is 2.29. The second-order valence-electron chi connectivity index (χ2n) is 7.07. The van der Waals surface area contributed by atoms with Crippen molar-refractivity contribution in [2.45, 2.75) is 19.0 Å². The molecule has 0 unspecified atom stereocenters. The van der Waals surface area contributed by atoms with Crippen molar-refractivity contribution >= 4 is 56.5 Å². The Bertz CT molecular complexity index is 1380. The monoisotopic (exact) mass is 485 g/mol. The summed E-state index contributed by atoms with van der Waals surface area (Å²) in [7, 11) is 1.52. The highest BCUT2D eigenvalue weighted by molar-refractivity contribution is 7.99. The van der Waals surface area contributed by atoms with Crippen molar-refractivity contribution in [3.8, 4) is 11.4 Å². The van der Waals surface area contributed by atoms with E-state index in [0.29, 0.717) is 31.8 Å². The van der Waals surface area contributed by atoms with Crippen molar-refractivity contribution in [3.63, 3.8) is 0 Å². The minimum absolute atomic E-state index is 0.0581. The number of nitrogens with zero attached hydrogens (tertiary/aromatic N) is 2. The number of ether oxygens (including phenoxy) is 1. The van der Waals surface area contributed by atoms with E-state index in [-0.39, 0.29) is 17.2 Å². The highest BCUT2D eigenvalue weighted by atomic mass is 35.5. The number of aryl methyl sites for hydroxylation is 1. The fraction of sp³-hybridized carbons (Fsp3) is 0.174. The molecule has 4 rings (SSSR count). The maximum Gasteiger partial charge on any atom is 0.276 e. The van der Waals surface area contributed by atoms with Crippen LogP contribution in [-0.2, 0) is 4.79 Å². The van der Waals surface area contributed by atoms with Crippen LogP contribution < -0.4 is 15.6 Å². The molecule has 0 bridgehead atoms. The molecule has 0 aliphatic heterocycles. The first-order valence-corrected chi connectivity index (χ1v) is 12.0. The molecule has 0 atom stereocenters. The Balaban J connectivity index is 1.67. The number of anilines is 1. The molecule has 0 aliphatic carbocycles. The Morgan fingerprint density at radius 3 is 2.84 bits per heavy atom. The number of benzene rings is 2. The molecule has 0 saturated heterocycles. The van der Waals surface area contributed by atoms with Crippen LogP contribution in [0.5, 0.6) is 5.75 Å². The quantitative estimate of drug-likeness (QED) is 0.290. The molecule has 0 fully saturated rings. The van der Waals surface area contributed by atoms with Gasteiger partial charge in [0.2, 0.25) is 5.91 Å². The van der Waals surface area contributed by atoms with Crippen LogP contribution in [0.1, 0.15) is 11.1 Å². The number of nitrogens with one attached hydrogen (secondary N) is 1. The molecule has 2 heterocycles. The third-order valence-corrected chi connectivity index (χ3v) is 7.10. The molecular weight excluding hydrogens is 466 g/mol. The summed E-state index contributed by atoms with van der Waals surface area (Å²) in [4.78, 5) is 30.7. The van der Waals surface area contributed by atoms with Gasteiger partial charge < -0.3 is 10.1 Å². The van der Waals surface area contributed by atoms with Gasteiger partial charge in [-0.05, 0) is 60.7 Å². The first-order valence-electron chi connectivity index (χ1n) is 9.72. The number of thioether (sulfide) groups is 1. The van der Waals surface area contributed by atoms with E-state index in [9.17, 15) is 9.59 Å². The van der Waals surface area contributed by atoms with E-state index in [1.807, 2.05) is 43.5 Å². The van der Waals surface area contributed by atoms with E-state index < -0.39 is 0 Å². The van der Waals surface area contributed by atoms with Gasteiger partial charge in [-0.15, -0.1) is 11.3 Å². The Labute approximate surface area is 198 Å². The van der Waals surface area contributed by atoms with E-state index in [2.05, 4.69) is 10.3 Å². The van der Waals surface area contributed by atoms with E-state index >= 15 is 0 Å². The summed E-state index contributed by atoms with van der Waals surface area (Å²) in [5.41, 5.74) is 3.79. The van der Waals surface area contributed by atoms with Crippen LogP contribution in [-0.4, -0.2) is 28.3 Å². The third-order valence-electron chi connectivity index (χ3n) is 5.03. The molecule has 6 nitrogen and oxygen atoms in total. The third kappa shape index (κ3) is 4.39. The predicted molar refractivity (Wildman–Crippen MR) is 132 cm³/mol. The van der Waals surface area contributed by atoms with Gasteiger partial charge in [-0.1, -0.05) is 35.5 Å².